The second kappa shape index (κ2) is 8.36. The molecule has 0 aliphatic carbocycles. The molecule has 4 rings (SSSR count). The van der Waals surface area contributed by atoms with E-state index >= 15 is 0 Å². The fourth-order valence-electron chi connectivity index (χ4n) is 3.61. The molecule has 0 spiro atoms. The standard InChI is InChI=1S/C25H20ClFN2O2/c1-15-7-12-21(16(2)13-15)28-23-22(17-8-10-19(27)11-9-17)24(30)29(25(23)31)14-18-5-3-4-6-20(18)26/h3-13,28H,14H2,1-2H3. The second-order valence-electron chi connectivity index (χ2n) is 7.49. The van der Waals surface area contributed by atoms with Gasteiger partial charge in [0.1, 0.15) is 11.5 Å². The van der Waals surface area contributed by atoms with Crippen molar-refractivity contribution in [2.75, 3.05) is 5.32 Å². The molecule has 1 N–H and O–H groups in total. The minimum atomic E-state index is -0.455. The summed E-state index contributed by atoms with van der Waals surface area (Å²) in [5.41, 5.74) is 4.25. The number of imide groups is 1. The summed E-state index contributed by atoms with van der Waals surface area (Å²) < 4.78 is 13.5. The van der Waals surface area contributed by atoms with Gasteiger partial charge in [0.15, 0.2) is 0 Å². The maximum absolute atomic E-state index is 13.5. The molecule has 1 aliphatic rings. The Bertz CT molecular complexity index is 1220. The highest BCUT2D eigenvalue weighted by Gasteiger charge is 2.39. The summed E-state index contributed by atoms with van der Waals surface area (Å²) in [4.78, 5) is 27.8. The first-order valence-corrected chi connectivity index (χ1v) is 10.2. The van der Waals surface area contributed by atoms with Gasteiger partial charge in [-0.15, -0.1) is 0 Å². The van der Waals surface area contributed by atoms with Crippen LogP contribution in [0.4, 0.5) is 10.1 Å². The van der Waals surface area contributed by atoms with E-state index < -0.39 is 17.6 Å². The Balaban J connectivity index is 1.77. The molecule has 3 aromatic rings. The van der Waals surface area contributed by atoms with Crippen molar-refractivity contribution in [2.45, 2.75) is 20.4 Å². The summed E-state index contributed by atoms with van der Waals surface area (Å²) in [6, 6.07) is 18.4. The predicted octanol–water partition coefficient (Wildman–Crippen LogP) is 5.49. The SMILES string of the molecule is Cc1ccc(NC2=C(c3ccc(F)cc3)C(=O)N(Cc3ccccc3Cl)C2=O)c(C)c1. The highest BCUT2D eigenvalue weighted by atomic mass is 35.5. The van der Waals surface area contributed by atoms with Gasteiger partial charge in [-0.05, 0) is 54.8 Å². The molecular weight excluding hydrogens is 415 g/mol. The van der Waals surface area contributed by atoms with Crippen molar-refractivity contribution in [3.8, 4) is 0 Å². The second-order valence-corrected chi connectivity index (χ2v) is 7.90. The van der Waals surface area contributed by atoms with Crippen LogP contribution in [-0.2, 0) is 16.1 Å². The molecule has 6 heteroatoms. The maximum atomic E-state index is 13.5. The summed E-state index contributed by atoms with van der Waals surface area (Å²) in [5.74, 6) is -1.33. The van der Waals surface area contributed by atoms with Gasteiger partial charge in [-0.25, -0.2) is 4.39 Å². The molecule has 156 valence electrons. The van der Waals surface area contributed by atoms with Crippen molar-refractivity contribution < 1.29 is 14.0 Å². The zero-order valence-electron chi connectivity index (χ0n) is 17.1. The number of amides is 2. The normalized spacial score (nSPS) is 13.9. The predicted molar refractivity (Wildman–Crippen MR) is 120 cm³/mol. The van der Waals surface area contributed by atoms with Crippen LogP contribution in [0, 0.1) is 19.7 Å². The lowest BCUT2D eigenvalue weighted by Gasteiger charge is -2.16. The summed E-state index contributed by atoms with van der Waals surface area (Å²) in [7, 11) is 0. The Labute approximate surface area is 185 Å². The van der Waals surface area contributed by atoms with Crippen LogP contribution in [-0.4, -0.2) is 16.7 Å². The fraction of sp³-hybridized carbons (Fsp3) is 0.120. The van der Waals surface area contributed by atoms with Crippen LogP contribution in [0.2, 0.25) is 5.02 Å². The first-order valence-electron chi connectivity index (χ1n) is 9.79. The molecular formula is C25H20ClFN2O2. The first kappa shape index (κ1) is 20.8. The lowest BCUT2D eigenvalue weighted by Crippen LogP contribution is -2.32. The molecule has 1 heterocycles. The van der Waals surface area contributed by atoms with E-state index in [0.717, 1.165) is 21.7 Å². The van der Waals surface area contributed by atoms with Crippen molar-refractivity contribution in [3.63, 3.8) is 0 Å². The molecule has 2 amide bonds. The summed E-state index contributed by atoms with van der Waals surface area (Å²) in [6.07, 6.45) is 0. The number of hydrogen-bond donors (Lipinski definition) is 1. The molecule has 0 aromatic heterocycles. The fourth-order valence-corrected chi connectivity index (χ4v) is 3.80. The summed E-state index contributed by atoms with van der Waals surface area (Å²) >= 11 is 6.25. The third kappa shape index (κ3) is 4.09. The van der Waals surface area contributed by atoms with E-state index in [2.05, 4.69) is 5.32 Å². The van der Waals surface area contributed by atoms with Gasteiger partial charge in [0, 0.05) is 10.7 Å². The number of halogens is 2. The molecule has 0 saturated heterocycles. The van der Waals surface area contributed by atoms with Crippen LogP contribution < -0.4 is 5.32 Å². The lowest BCUT2D eigenvalue weighted by molar-refractivity contribution is -0.137. The molecule has 0 unspecified atom stereocenters. The van der Waals surface area contributed by atoms with E-state index in [1.165, 1.54) is 24.3 Å². The van der Waals surface area contributed by atoms with Crippen LogP contribution in [0.25, 0.3) is 5.57 Å². The van der Waals surface area contributed by atoms with Crippen LogP contribution in [0.1, 0.15) is 22.3 Å². The molecule has 0 saturated carbocycles. The molecule has 0 radical (unpaired) electrons. The molecule has 31 heavy (non-hydrogen) atoms. The maximum Gasteiger partial charge on any atom is 0.278 e. The van der Waals surface area contributed by atoms with E-state index in [1.807, 2.05) is 32.0 Å². The third-order valence-electron chi connectivity index (χ3n) is 5.23. The molecule has 1 aliphatic heterocycles. The van der Waals surface area contributed by atoms with Crippen molar-refractivity contribution >= 4 is 34.7 Å². The van der Waals surface area contributed by atoms with Gasteiger partial charge in [-0.2, -0.15) is 0 Å². The van der Waals surface area contributed by atoms with Crippen LogP contribution >= 0.6 is 11.6 Å². The monoisotopic (exact) mass is 434 g/mol. The Kier molecular flexibility index (Phi) is 5.61. The largest absolute Gasteiger partial charge is 0.350 e. The number of anilines is 1. The zero-order valence-corrected chi connectivity index (χ0v) is 17.8. The number of aryl methyl sites for hydroxylation is 2. The van der Waals surface area contributed by atoms with E-state index in [1.54, 1.807) is 24.3 Å². The smallest absolute Gasteiger partial charge is 0.278 e. The van der Waals surface area contributed by atoms with Gasteiger partial charge >= 0.3 is 0 Å². The highest BCUT2D eigenvalue weighted by molar-refractivity contribution is 6.36. The Morgan fingerprint density at radius 1 is 0.935 bits per heavy atom. The van der Waals surface area contributed by atoms with Crippen LogP contribution in [0.15, 0.2) is 72.4 Å². The number of nitrogens with zero attached hydrogens (tertiary/aromatic N) is 1. The highest BCUT2D eigenvalue weighted by Crippen LogP contribution is 2.33. The third-order valence-corrected chi connectivity index (χ3v) is 5.60. The molecule has 0 bridgehead atoms. The Hall–Kier alpha value is -3.44. The van der Waals surface area contributed by atoms with Crippen LogP contribution in [0.3, 0.4) is 0 Å². The number of rotatable bonds is 5. The van der Waals surface area contributed by atoms with E-state index in [4.69, 9.17) is 11.6 Å². The lowest BCUT2D eigenvalue weighted by atomic mass is 10.0. The average molecular weight is 435 g/mol. The quantitative estimate of drug-likeness (QED) is 0.540. The Morgan fingerprint density at radius 2 is 1.65 bits per heavy atom. The minimum Gasteiger partial charge on any atom is -0.350 e. The van der Waals surface area contributed by atoms with E-state index in [9.17, 15) is 14.0 Å². The average Bonchev–Trinajstić information content (AvgIpc) is 2.96. The zero-order chi connectivity index (χ0) is 22.1. The number of carbonyl (C=O) groups is 2. The first-order chi connectivity index (χ1) is 14.8. The molecule has 0 fully saturated rings. The molecule has 0 atom stereocenters. The van der Waals surface area contributed by atoms with E-state index in [0.29, 0.717) is 16.1 Å². The summed E-state index contributed by atoms with van der Waals surface area (Å²) in [6.45, 7) is 3.95. The number of carbonyl (C=O) groups excluding carboxylic acids is 2. The number of benzene rings is 3. The van der Waals surface area contributed by atoms with Gasteiger partial charge in [0.25, 0.3) is 11.8 Å². The topological polar surface area (TPSA) is 49.4 Å². The van der Waals surface area contributed by atoms with Crippen molar-refractivity contribution in [1.82, 2.24) is 4.90 Å². The van der Waals surface area contributed by atoms with Crippen molar-refractivity contribution in [2.24, 2.45) is 0 Å². The Morgan fingerprint density at radius 3 is 2.32 bits per heavy atom. The van der Waals surface area contributed by atoms with E-state index in [-0.39, 0.29) is 17.8 Å². The van der Waals surface area contributed by atoms with Gasteiger partial charge in [-0.3, -0.25) is 14.5 Å². The number of nitrogens with one attached hydrogen (secondary N) is 1. The van der Waals surface area contributed by atoms with Gasteiger partial charge in [0.05, 0.1) is 12.1 Å². The van der Waals surface area contributed by atoms with Crippen molar-refractivity contribution in [3.05, 3.63) is 106 Å². The van der Waals surface area contributed by atoms with Gasteiger partial charge in [-0.1, -0.05) is 59.6 Å². The number of hydrogen-bond acceptors (Lipinski definition) is 3. The summed E-state index contributed by atoms with van der Waals surface area (Å²) in [5, 5.41) is 3.63. The van der Waals surface area contributed by atoms with Crippen LogP contribution in [0.5, 0.6) is 0 Å². The minimum absolute atomic E-state index is 0.0418. The van der Waals surface area contributed by atoms with Gasteiger partial charge in [0.2, 0.25) is 0 Å². The van der Waals surface area contributed by atoms with Crippen molar-refractivity contribution in [1.29, 1.82) is 0 Å². The molecule has 3 aromatic carbocycles. The molecule has 4 nitrogen and oxygen atoms in total. The van der Waals surface area contributed by atoms with Gasteiger partial charge < -0.3 is 5.32 Å².